The molecule has 0 aliphatic carbocycles. The summed E-state index contributed by atoms with van der Waals surface area (Å²) in [5, 5.41) is 3.16. The van der Waals surface area contributed by atoms with Crippen LogP contribution in [0, 0.1) is 11.3 Å². The molecule has 2 atom stereocenters. The Bertz CT molecular complexity index is 634. The fourth-order valence-corrected chi connectivity index (χ4v) is 3.84. The number of fused-ring (bicyclic) bond motifs is 1. The van der Waals surface area contributed by atoms with Crippen LogP contribution in [0.15, 0.2) is 12.4 Å². The second-order valence-electron chi connectivity index (χ2n) is 7.01. The third-order valence-corrected chi connectivity index (χ3v) is 5.25. The van der Waals surface area contributed by atoms with Crippen LogP contribution < -0.4 is 5.32 Å². The number of piperidine rings is 1. The molecule has 0 radical (unpaired) electrons. The number of hydrogen-bond donors (Lipinski definition) is 1. The average Bonchev–Trinajstić information content (AvgIpc) is 2.75. The zero-order chi connectivity index (χ0) is 16.6. The van der Waals surface area contributed by atoms with Crippen LogP contribution in [0.1, 0.15) is 38.8 Å². The molecule has 3 heterocycles. The molecule has 7 heteroatoms. The predicted molar refractivity (Wildman–Crippen MR) is 85.5 cm³/mol. The van der Waals surface area contributed by atoms with Crippen molar-refractivity contribution in [3.05, 3.63) is 23.2 Å². The van der Waals surface area contributed by atoms with E-state index in [0.29, 0.717) is 23.8 Å². The van der Waals surface area contributed by atoms with E-state index in [1.54, 1.807) is 6.20 Å². The normalized spacial score (nSPS) is 26.0. The van der Waals surface area contributed by atoms with Crippen LogP contribution in [0.2, 0.25) is 5.15 Å². The molecular weight excluding hydrogens is 316 g/mol. The Morgan fingerprint density at radius 2 is 2.13 bits per heavy atom. The Morgan fingerprint density at radius 3 is 2.87 bits per heavy atom. The minimum absolute atomic E-state index is 0.00564. The Kier molecular flexibility index (Phi) is 4.27. The van der Waals surface area contributed by atoms with Gasteiger partial charge in [0.25, 0.3) is 0 Å². The van der Waals surface area contributed by atoms with E-state index in [2.05, 4.69) is 29.1 Å². The summed E-state index contributed by atoms with van der Waals surface area (Å²) in [6, 6.07) is 0.258. The SMILES string of the molecule is CC1(C)CC(=O)N2CC(C(=O)NCc3nccnc3Cl)CCC21. The van der Waals surface area contributed by atoms with Crippen LogP contribution in [-0.4, -0.2) is 39.3 Å². The van der Waals surface area contributed by atoms with Crippen molar-refractivity contribution in [2.45, 2.75) is 45.7 Å². The van der Waals surface area contributed by atoms with Crippen molar-refractivity contribution < 1.29 is 9.59 Å². The fraction of sp³-hybridized carbons (Fsp3) is 0.625. The van der Waals surface area contributed by atoms with Crippen LogP contribution in [0.4, 0.5) is 0 Å². The molecule has 23 heavy (non-hydrogen) atoms. The molecule has 2 unspecified atom stereocenters. The molecule has 0 spiro atoms. The minimum atomic E-state index is -0.167. The van der Waals surface area contributed by atoms with Gasteiger partial charge in [0.15, 0.2) is 5.15 Å². The number of hydrogen-bond acceptors (Lipinski definition) is 4. The topological polar surface area (TPSA) is 75.2 Å². The number of nitrogens with zero attached hydrogens (tertiary/aromatic N) is 3. The van der Waals surface area contributed by atoms with E-state index in [1.807, 2.05) is 4.90 Å². The molecule has 2 aliphatic rings. The van der Waals surface area contributed by atoms with E-state index in [9.17, 15) is 9.59 Å². The van der Waals surface area contributed by atoms with Gasteiger partial charge < -0.3 is 10.2 Å². The summed E-state index contributed by atoms with van der Waals surface area (Å²) in [5.41, 5.74) is 0.556. The van der Waals surface area contributed by atoms with Crippen LogP contribution >= 0.6 is 11.6 Å². The van der Waals surface area contributed by atoms with Crippen molar-refractivity contribution >= 4 is 23.4 Å². The lowest BCUT2D eigenvalue weighted by Crippen LogP contribution is -2.49. The summed E-state index contributed by atoms with van der Waals surface area (Å²) < 4.78 is 0. The van der Waals surface area contributed by atoms with Crippen molar-refractivity contribution in [3.8, 4) is 0 Å². The van der Waals surface area contributed by atoms with E-state index in [-0.39, 0.29) is 35.7 Å². The lowest BCUT2D eigenvalue weighted by molar-refractivity contribution is -0.134. The molecule has 2 aliphatic heterocycles. The van der Waals surface area contributed by atoms with E-state index in [4.69, 9.17) is 11.6 Å². The Morgan fingerprint density at radius 1 is 1.39 bits per heavy atom. The second kappa shape index (κ2) is 6.07. The van der Waals surface area contributed by atoms with Gasteiger partial charge in [-0.3, -0.25) is 14.6 Å². The van der Waals surface area contributed by atoms with Gasteiger partial charge in [0.05, 0.1) is 18.2 Å². The summed E-state index contributed by atoms with van der Waals surface area (Å²) in [5.74, 6) is -0.0586. The summed E-state index contributed by atoms with van der Waals surface area (Å²) >= 11 is 5.94. The number of nitrogens with one attached hydrogen (secondary N) is 1. The lowest BCUT2D eigenvalue weighted by Gasteiger charge is -2.39. The Hall–Kier alpha value is -1.69. The largest absolute Gasteiger partial charge is 0.350 e. The molecule has 0 aromatic carbocycles. The smallest absolute Gasteiger partial charge is 0.225 e. The predicted octanol–water partition coefficient (Wildman–Crippen LogP) is 1.78. The number of carbonyl (C=O) groups excluding carboxylic acids is 2. The van der Waals surface area contributed by atoms with Gasteiger partial charge in [-0.15, -0.1) is 0 Å². The van der Waals surface area contributed by atoms with Crippen molar-refractivity contribution in [2.24, 2.45) is 11.3 Å². The van der Waals surface area contributed by atoms with E-state index in [0.717, 1.165) is 12.8 Å². The molecule has 1 N–H and O–H groups in total. The molecule has 2 fully saturated rings. The highest BCUT2D eigenvalue weighted by Crippen LogP contribution is 2.42. The maximum Gasteiger partial charge on any atom is 0.225 e. The minimum Gasteiger partial charge on any atom is -0.350 e. The second-order valence-corrected chi connectivity index (χ2v) is 7.37. The third-order valence-electron chi connectivity index (χ3n) is 4.94. The lowest BCUT2D eigenvalue weighted by atomic mass is 9.79. The summed E-state index contributed by atoms with van der Waals surface area (Å²) in [7, 11) is 0. The summed E-state index contributed by atoms with van der Waals surface area (Å²) in [6.07, 6.45) is 5.31. The van der Waals surface area contributed by atoms with Crippen molar-refractivity contribution in [1.29, 1.82) is 0 Å². The highest BCUT2D eigenvalue weighted by atomic mass is 35.5. The van der Waals surface area contributed by atoms with Crippen LogP contribution in [0.3, 0.4) is 0 Å². The van der Waals surface area contributed by atoms with Gasteiger partial charge >= 0.3 is 0 Å². The molecule has 6 nitrogen and oxygen atoms in total. The zero-order valence-electron chi connectivity index (χ0n) is 13.4. The van der Waals surface area contributed by atoms with Gasteiger partial charge in [-0.1, -0.05) is 25.4 Å². The summed E-state index contributed by atoms with van der Waals surface area (Å²) in [6.45, 7) is 5.02. The quantitative estimate of drug-likeness (QED) is 0.913. The summed E-state index contributed by atoms with van der Waals surface area (Å²) in [4.78, 5) is 34.5. The van der Waals surface area contributed by atoms with Crippen LogP contribution in [-0.2, 0) is 16.1 Å². The highest BCUT2D eigenvalue weighted by Gasteiger charge is 2.48. The van der Waals surface area contributed by atoms with Crippen molar-refractivity contribution in [3.63, 3.8) is 0 Å². The monoisotopic (exact) mass is 336 g/mol. The van der Waals surface area contributed by atoms with Gasteiger partial charge in [-0.2, -0.15) is 0 Å². The first-order chi connectivity index (χ1) is 10.9. The standard InChI is InChI=1S/C16H21ClN4O2/c1-16(2)7-13(22)21-9-10(3-4-12(16)21)15(23)20-8-11-14(17)19-6-5-18-11/h5-6,10,12H,3-4,7-9H2,1-2H3,(H,20,23). The molecule has 0 bridgehead atoms. The zero-order valence-corrected chi connectivity index (χ0v) is 14.1. The van der Waals surface area contributed by atoms with Crippen LogP contribution in [0.5, 0.6) is 0 Å². The molecule has 1 aromatic rings. The van der Waals surface area contributed by atoms with Gasteiger partial charge in [-0.05, 0) is 18.3 Å². The Labute approximate surface area is 140 Å². The first kappa shape index (κ1) is 16.2. The number of amides is 2. The number of halogens is 1. The molecule has 2 amide bonds. The number of carbonyl (C=O) groups is 2. The number of rotatable bonds is 3. The first-order valence-electron chi connectivity index (χ1n) is 7.91. The number of aromatic nitrogens is 2. The van der Waals surface area contributed by atoms with Gasteiger partial charge in [-0.25, -0.2) is 4.98 Å². The molecule has 124 valence electrons. The Balaban J connectivity index is 1.60. The van der Waals surface area contributed by atoms with Crippen molar-refractivity contribution in [1.82, 2.24) is 20.2 Å². The first-order valence-corrected chi connectivity index (χ1v) is 8.29. The average molecular weight is 337 g/mol. The van der Waals surface area contributed by atoms with Crippen molar-refractivity contribution in [2.75, 3.05) is 6.54 Å². The molecule has 3 rings (SSSR count). The highest BCUT2D eigenvalue weighted by molar-refractivity contribution is 6.29. The van der Waals surface area contributed by atoms with Gasteiger partial charge in [0.1, 0.15) is 0 Å². The van der Waals surface area contributed by atoms with Crippen LogP contribution in [0.25, 0.3) is 0 Å². The molecule has 0 saturated carbocycles. The molecule has 1 aromatic heterocycles. The molecule has 2 saturated heterocycles. The van der Waals surface area contributed by atoms with E-state index in [1.165, 1.54) is 6.20 Å². The van der Waals surface area contributed by atoms with Gasteiger partial charge in [0, 0.05) is 31.4 Å². The fourth-order valence-electron chi connectivity index (χ4n) is 3.67. The third kappa shape index (κ3) is 3.17. The van der Waals surface area contributed by atoms with E-state index >= 15 is 0 Å². The maximum absolute atomic E-state index is 12.4. The van der Waals surface area contributed by atoms with Gasteiger partial charge in [0.2, 0.25) is 11.8 Å². The maximum atomic E-state index is 12.4. The van der Waals surface area contributed by atoms with E-state index < -0.39 is 0 Å². The molecular formula is C16H21ClN4O2.